The summed E-state index contributed by atoms with van der Waals surface area (Å²) in [6.07, 6.45) is 3.56. The maximum atomic E-state index is 3.89. The number of anilines is 1. The standard InChI is InChI=1S/C28H26N2/c1-18-26(21-12-6-8-14-24(21)29-18)20-16-23(19-10-4-3-5-11-19)27-22-13-7-9-15-25(22)30-28(27,2)17-20/h3-15,17,23,27,29-30H,16H2,1-2H3/t23-,27-,28+/m0/s1. The second-order valence-corrected chi connectivity index (χ2v) is 9.03. The van der Waals surface area contributed by atoms with Crippen LogP contribution in [0.5, 0.6) is 0 Å². The van der Waals surface area contributed by atoms with Crippen LogP contribution in [0.1, 0.15) is 47.6 Å². The van der Waals surface area contributed by atoms with E-state index < -0.39 is 0 Å². The fraction of sp³-hybridized carbons (Fsp3) is 0.214. The van der Waals surface area contributed by atoms with E-state index in [0.29, 0.717) is 11.8 Å². The summed E-state index contributed by atoms with van der Waals surface area (Å²) in [6, 6.07) is 28.6. The molecule has 0 amide bonds. The van der Waals surface area contributed by atoms with E-state index in [4.69, 9.17) is 0 Å². The van der Waals surface area contributed by atoms with Crippen LogP contribution in [0.3, 0.4) is 0 Å². The number of para-hydroxylation sites is 2. The van der Waals surface area contributed by atoms with Gasteiger partial charge in [-0.3, -0.25) is 0 Å². The zero-order chi connectivity index (χ0) is 20.3. The van der Waals surface area contributed by atoms with Crippen LogP contribution >= 0.6 is 0 Å². The Hall–Kier alpha value is -3.26. The molecule has 0 saturated heterocycles. The number of fused-ring (bicyclic) bond motifs is 4. The van der Waals surface area contributed by atoms with E-state index in [1.165, 1.54) is 44.5 Å². The minimum Gasteiger partial charge on any atom is -0.376 e. The van der Waals surface area contributed by atoms with Crippen LogP contribution in [0.2, 0.25) is 0 Å². The van der Waals surface area contributed by atoms with Crippen LogP contribution in [0, 0.1) is 6.92 Å². The number of H-pyrrole nitrogens is 1. The van der Waals surface area contributed by atoms with Gasteiger partial charge in [-0.15, -0.1) is 0 Å². The predicted molar refractivity (Wildman–Crippen MR) is 126 cm³/mol. The van der Waals surface area contributed by atoms with Crippen molar-refractivity contribution in [1.29, 1.82) is 0 Å². The maximum absolute atomic E-state index is 3.89. The van der Waals surface area contributed by atoms with Gasteiger partial charge in [-0.25, -0.2) is 0 Å². The highest BCUT2D eigenvalue weighted by molar-refractivity contribution is 5.95. The largest absolute Gasteiger partial charge is 0.376 e. The van der Waals surface area contributed by atoms with Crippen molar-refractivity contribution in [2.75, 3.05) is 5.32 Å². The molecule has 30 heavy (non-hydrogen) atoms. The molecule has 0 radical (unpaired) electrons. The van der Waals surface area contributed by atoms with Crippen LogP contribution in [0.15, 0.2) is 84.9 Å². The Morgan fingerprint density at radius 1 is 0.867 bits per heavy atom. The van der Waals surface area contributed by atoms with Crippen molar-refractivity contribution in [2.45, 2.75) is 37.6 Å². The van der Waals surface area contributed by atoms with Crippen LogP contribution in [-0.4, -0.2) is 10.5 Å². The number of aromatic amines is 1. The lowest BCUT2D eigenvalue weighted by Gasteiger charge is -2.41. The van der Waals surface area contributed by atoms with E-state index in [-0.39, 0.29) is 5.54 Å². The first-order valence-corrected chi connectivity index (χ1v) is 10.9. The van der Waals surface area contributed by atoms with Gasteiger partial charge in [0, 0.05) is 33.8 Å². The molecule has 1 aliphatic heterocycles. The van der Waals surface area contributed by atoms with Gasteiger partial charge in [-0.05, 0) is 55.0 Å². The molecule has 0 bridgehead atoms. The molecule has 0 fully saturated rings. The number of benzene rings is 3. The van der Waals surface area contributed by atoms with E-state index in [9.17, 15) is 0 Å². The minimum absolute atomic E-state index is 0.109. The Labute approximate surface area is 177 Å². The number of aromatic nitrogens is 1. The Kier molecular flexibility index (Phi) is 3.73. The average Bonchev–Trinajstić information content (AvgIpc) is 3.26. The Morgan fingerprint density at radius 3 is 2.47 bits per heavy atom. The first kappa shape index (κ1) is 17.6. The molecule has 2 heterocycles. The van der Waals surface area contributed by atoms with Crippen molar-refractivity contribution in [3.63, 3.8) is 0 Å². The molecule has 0 spiro atoms. The van der Waals surface area contributed by atoms with Crippen molar-refractivity contribution in [3.8, 4) is 0 Å². The number of aryl methyl sites for hydroxylation is 1. The fourth-order valence-corrected chi connectivity index (χ4v) is 5.98. The summed E-state index contributed by atoms with van der Waals surface area (Å²) < 4.78 is 0. The molecule has 2 aliphatic rings. The number of nitrogens with one attached hydrogen (secondary N) is 2. The fourth-order valence-electron chi connectivity index (χ4n) is 5.98. The van der Waals surface area contributed by atoms with Crippen LogP contribution in [-0.2, 0) is 0 Å². The molecule has 2 heteroatoms. The minimum atomic E-state index is -0.109. The molecular formula is C28H26N2. The number of allylic oxidation sites excluding steroid dienone is 1. The quantitative estimate of drug-likeness (QED) is 0.378. The summed E-state index contributed by atoms with van der Waals surface area (Å²) in [5.74, 6) is 0.853. The van der Waals surface area contributed by atoms with E-state index in [1.807, 2.05) is 0 Å². The highest BCUT2D eigenvalue weighted by Gasteiger charge is 2.48. The van der Waals surface area contributed by atoms with Gasteiger partial charge in [0.1, 0.15) is 0 Å². The normalized spacial score (nSPS) is 24.8. The maximum Gasteiger partial charge on any atom is 0.0609 e. The first-order chi connectivity index (χ1) is 14.6. The van der Waals surface area contributed by atoms with E-state index in [0.717, 1.165) is 6.42 Å². The van der Waals surface area contributed by atoms with Crippen molar-refractivity contribution in [2.24, 2.45) is 0 Å². The van der Waals surface area contributed by atoms with Crippen LogP contribution in [0.25, 0.3) is 16.5 Å². The molecule has 1 aliphatic carbocycles. The summed E-state index contributed by atoms with van der Waals surface area (Å²) in [5, 5.41) is 5.21. The van der Waals surface area contributed by atoms with Crippen molar-refractivity contribution >= 4 is 22.2 Å². The third-order valence-electron chi connectivity index (χ3n) is 7.10. The Morgan fingerprint density at radius 2 is 1.60 bits per heavy atom. The summed E-state index contributed by atoms with van der Waals surface area (Å²) in [5.41, 5.74) is 9.34. The van der Waals surface area contributed by atoms with Gasteiger partial charge in [0.2, 0.25) is 0 Å². The third-order valence-corrected chi connectivity index (χ3v) is 7.10. The zero-order valence-corrected chi connectivity index (χ0v) is 17.4. The summed E-state index contributed by atoms with van der Waals surface area (Å²) >= 11 is 0. The molecule has 6 rings (SSSR count). The number of hydrogen-bond donors (Lipinski definition) is 2. The van der Waals surface area contributed by atoms with Crippen molar-refractivity contribution in [1.82, 2.24) is 4.98 Å². The Bertz CT molecular complexity index is 1280. The monoisotopic (exact) mass is 390 g/mol. The van der Waals surface area contributed by atoms with E-state index in [2.05, 4.69) is 109 Å². The number of rotatable bonds is 2. The number of hydrogen-bond acceptors (Lipinski definition) is 1. The molecular weight excluding hydrogens is 364 g/mol. The van der Waals surface area contributed by atoms with Gasteiger partial charge >= 0.3 is 0 Å². The van der Waals surface area contributed by atoms with Crippen LogP contribution < -0.4 is 5.32 Å². The van der Waals surface area contributed by atoms with Crippen molar-refractivity contribution in [3.05, 3.63) is 107 Å². The third kappa shape index (κ3) is 2.50. The summed E-state index contributed by atoms with van der Waals surface area (Å²) in [7, 11) is 0. The van der Waals surface area contributed by atoms with E-state index >= 15 is 0 Å². The van der Waals surface area contributed by atoms with Gasteiger partial charge < -0.3 is 10.3 Å². The molecule has 3 atom stereocenters. The van der Waals surface area contributed by atoms with Gasteiger partial charge in [0.05, 0.1) is 5.54 Å². The molecule has 3 aromatic carbocycles. The zero-order valence-electron chi connectivity index (χ0n) is 17.4. The highest BCUT2D eigenvalue weighted by atomic mass is 15.0. The SMILES string of the molecule is Cc1[nH]c2ccccc2c1C1=C[C@@]2(C)Nc3ccccc3[C@H]2[C@H](c2ccccc2)C1. The van der Waals surface area contributed by atoms with Crippen LogP contribution in [0.4, 0.5) is 5.69 Å². The lowest BCUT2D eigenvalue weighted by atomic mass is 9.65. The molecule has 0 unspecified atom stereocenters. The van der Waals surface area contributed by atoms with E-state index in [1.54, 1.807) is 0 Å². The lowest BCUT2D eigenvalue weighted by molar-refractivity contribution is 0.426. The van der Waals surface area contributed by atoms with Gasteiger partial charge in [-0.2, -0.15) is 0 Å². The molecule has 2 N–H and O–H groups in total. The van der Waals surface area contributed by atoms with Gasteiger partial charge in [-0.1, -0.05) is 72.8 Å². The summed E-state index contributed by atoms with van der Waals surface area (Å²) in [6.45, 7) is 4.58. The molecule has 148 valence electrons. The average molecular weight is 391 g/mol. The molecule has 4 aromatic rings. The second kappa shape index (κ2) is 6.37. The first-order valence-electron chi connectivity index (χ1n) is 10.9. The Balaban J connectivity index is 1.57. The highest BCUT2D eigenvalue weighted by Crippen LogP contribution is 2.57. The smallest absolute Gasteiger partial charge is 0.0609 e. The predicted octanol–water partition coefficient (Wildman–Crippen LogP) is 7.02. The molecule has 1 aromatic heterocycles. The molecule has 2 nitrogen and oxygen atoms in total. The van der Waals surface area contributed by atoms with Crippen molar-refractivity contribution < 1.29 is 0 Å². The second-order valence-electron chi connectivity index (χ2n) is 9.03. The summed E-state index contributed by atoms with van der Waals surface area (Å²) in [4.78, 5) is 3.61. The van der Waals surface area contributed by atoms with Gasteiger partial charge in [0.25, 0.3) is 0 Å². The van der Waals surface area contributed by atoms with Gasteiger partial charge in [0.15, 0.2) is 0 Å². The molecule has 0 saturated carbocycles. The topological polar surface area (TPSA) is 27.8 Å². The lowest BCUT2D eigenvalue weighted by Crippen LogP contribution is -2.40.